The molecule has 0 aliphatic carbocycles. The lowest BCUT2D eigenvalue weighted by atomic mass is 10.2. The molecule has 2 fully saturated rings. The summed E-state index contributed by atoms with van der Waals surface area (Å²) in [5.41, 5.74) is 0. The Kier molecular flexibility index (Phi) is 2.79. The first-order valence-electron chi connectivity index (χ1n) is 5.40. The lowest BCUT2D eigenvalue weighted by Gasteiger charge is -2.34. The first kappa shape index (κ1) is 11.3. The van der Waals surface area contributed by atoms with Crippen molar-refractivity contribution in [3.05, 3.63) is 0 Å². The number of rotatable bonds is 3. The van der Waals surface area contributed by atoms with Crippen molar-refractivity contribution in [3.8, 4) is 0 Å². The van der Waals surface area contributed by atoms with E-state index in [4.69, 9.17) is 0 Å². The van der Waals surface area contributed by atoms with Crippen LogP contribution in [-0.2, 0) is 10.2 Å². The number of fused-ring (bicyclic) bond motifs is 2. The van der Waals surface area contributed by atoms with Gasteiger partial charge < -0.3 is 0 Å². The van der Waals surface area contributed by atoms with Crippen molar-refractivity contribution in [1.82, 2.24) is 13.5 Å². The van der Waals surface area contributed by atoms with Crippen LogP contribution in [0.3, 0.4) is 0 Å². The van der Waals surface area contributed by atoms with Crippen molar-refractivity contribution in [3.63, 3.8) is 0 Å². The van der Waals surface area contributed by atoms with E-state index in [2.05, 4.69) is 11.8 Å². The first-order valence-corrected chi connectivity index (χ1v) is 6.80. The lowest BCUT2D eigenvalue weighted by molar-refractivity contribution is 0.185. The van der Waals surface area contributed by atoms with Gasteiger partial charge in [-0.25, -0.2) is 0 Å². The summed E-state index contributed by atoms with van der Waals surface area (Å²) in [6, 6.07) is 0.636. The molecule has 0 N–H and O–H groups in total. The summed E-state index contributed by atoms with van der Waals surface area (Å²) in [6.07, 6.45) is 1.00. The van der Waals surface area contributed by atoms with Gasteiger partial charge in [0.1, 0.15) is 0 Å². The fraction of sp³-hybridized carbons (Fsp3) is 1.00. The quantitative estimate of drug-likeness (QED) is 0.664. The maximum atomic E-state index is 12.0. The van der Waals surface area contributed by atoms with Gasteiger partial charge in [-0.15, -0.1) is 0 Å². The molecule has 2 saturated heterocycles. The number of piperazine rings is 1. The van der Waals surface area contributed by atoms with Crippen LogP contribution in [0.2, 0.25) is 0 Å². The molecule has 2 unspecified atom stereocenters. The second-order valence-corrected chi connectivity index (χ2v) is 6.59. The van der Waals surface area contributed by atoms with Gasteiger partial charge in [0.25, 0.3) is 10.2 Å². The lowest BCUT2D eigenvalue weighted by Crippen LogP contribution is -2.51. The molecule has 0 aromatic rings. The Hall–Kier alpha value is -0.170. The molecule has 5 nitrogen and oxygen atoms in total. The summed E-state index contributed by atoms with van der Waals surface area (Å²) < 4.78 is 26.9. The van der Waals surface area contributed by atoms with E-state index in [9.17, 15) is 8.42 Å². The van der Waals surface area contributed by atoms with Gasteiger partial charge in [-0.1, -0.05) is 6.92 Å². The van der Waals surface area contributed by atoms with E-state index in [0.717, 1.165) is 19.5 Å². The maximum Gasteiger partial charge on any atom is 0.281 e. The minimum Gasteiger partial charge on any atom is -0.298 e. The summed E-state index contributed by atoms with van der Waals surface area (Å²) in [5, 5.41) is 0. The van der Waals surface area contributed by atoms with Gasteiger partial charge in [-0.05, 0) is 13.0 Å². The number of nitrogens with zero attached hydrogens (tertiary/aromatic N) is 3. The van der Waals surface area contributed by atoms with E-state index in [1.54, 1.807) is 18.4 Å². The summed E-state index contributed by atoms with van der Waals surface area (Å²) in [5.74, 6) is 0. The molecule has 0 radical (unpaired) electrons. The third-order valence-corrected chi connectivity index (χ3v) is 5.43. The number of likely N-dealkylation sites (tertiary alicyclic amines) is 1. The predicted molar refractivity (Wildman–Crippen MR) is 58.8 cm³/mol. The van der Waals surface area contributed by atoms with E-state index in [1.165, 1.54) is 4.31 Å². The SMILES string of the molecule is CCN1CC2CC1CN2S(=O)(=O)N(C)C. The van der Waals surface area contributed by atoms with Crippen LogP contribution in [0, 0.1) is 0 Å². The molecule has 88 valence electrons. The number of hydrogen-bond acceptors (Lipinski definition) is 3. The van der Waals surface area contributed by atoms with E-state index in [-0.39, 0.29) is 6.04 Å². The zero-order valence-electron chi connectivity index (χ0n) is 9.55. The molecule has 2 aliphatic rings. The smallest absolute Gasteiger partial charge is 0.281 e. The highest BCUT2D eigenvalue weighted by atomic mass is 32.2. The fourth-order valence-corrected chi connectivity index (χ4v) is 3.90. The predicted octanol–water partition coefficient (Wildman–Crippen LogP) is -0.429. The Morgan fingerprint density at radius 1 is 1.27 bits per heavy atom. The van der Waals surface area contributed by atoms with E-state index in [0.29, 0.717) is 12.6 Å². The molecule has 2 atom stereocenters. The molecule has 2 aliphatic heterocycles. The number of hydrogen-bond donors (Lipinski definition) is 0. The van der Waals surface area contributed by atoms with Gasteiger partial charge in [-0.3, -0.25) is 4.90 Å². The molecular formula is C9H19N3O2S. The molecule has 2 heterocycles. The van der Waals surface area contributed by atoms with Gasteiger partial charge in [0.05, 0.1) is 0 Å². The van der Waals surface area contributed by atoms with Gasteiger partial charge in [0.2, 0.25) is 0 Å². The Balaban J connectivity index is 2.13. The highest BCUT2D eigenvalue weighted by molar-refractivity contribution is 7.86. The molecular weight excluding hydrogens is 214 g/mol. The van der Waals surface area contributed by atoms with Crippen molar-refractivity contribution in [2.45, 2.75) is 25.4 Å². The Labute approximate surface area is 91.8 Å². The second-order valence-electron chi connectivity index (χ2n) is 4.49. The molecule has 0 saturated carbocycles. The molecule has 0 spiro atoms. The van der Waals surface area contributed by atoms with Gasteiger partial charge in [0, 0.05) is 39.3 Å². The third-order valence-electron chi connectivity index (χ3n) is 3.47. The van der Waals surface area contributed by atoms with Gasteiger partial charge in [0.15, 0.2) is 0 Å². The van der Waals surface area contributed by atoms with Gasteiger partial charge >= 0.3 is 0 Å². The van der Waals surface area contributed by atoms with Crippen molar-refractivity contribution in [2.75, 3.05) is 33.7 Å². The third kappa shape index (κ3) is 1.69. The van der Waals surface area contributed by atoms with Crippen molar-refractivity contribution in [1.29, 1.82) is 0 Å². The maximum absolute atomic E-state index is 12.0. The fourth-order valence-electron chi connectivity index (χ4n) is 2.59. The summed E-state index contributed by atoms with van der Waals surface area (Å²) in [6.45, 7) is 4.72. The topological polar surface area (TPSA) is 43.9 Å². The summed E-state index contributed by atoms with van der Waals surface area (Å²) >= 11 is 0. The first-order chi connectivity index (χ1) is 6.96. The average molecular weight is 233 g/mol. The van der Waals surface area contributed by atoms with Gasteiger partial charge in [-0.2, -0.15) is 17.0 Å². The second kappa shape index (κ2) is 3.69. The molecule has 0 amide bonds. The van der Waals surface area contributed by atoms with Crippen LogP contribution < -0.4 is 0 Å². The number of likely N-dealkylation sites (N-methyl/N-ethyl adjacent to an activating group) is 1. The Morgan fingerprint density at radius 2 is 1.93 bits per heavy atom. The molecule has 0 aromatic carbocycles. The van der Waals surface area contributed by atoms with Crippen LogP contribution in [0.25, 0.3) is 0 Å². The molecule has 15 heavy (non-hydrogen) atoms. The Morgan fingerprint density at radius 3 is 2.33 bits per heavy atom. The normalized spacial score (nSPS) is 33.1. The van der Waals surface area contributed by atoms with E-state index in [1.807, 2.05) is 0 Å². The molecule has 6 heteroatoms. The summed E-state index contributed by atoms with van der Waals surface area (Å²) in [7, 11) is -0.00683. The monoisotopic (exact) mass is 233 g/mol. The van der Waals surface area contributed by atoms with Crippen molar-refractivity contribution in [2.24, 2.45) is 0 Å². The van der Waals surface area contributed by atoms with Crippen LogP contribution in [0.4, 0.5) is 0 Å². The minimum absolute atomic E-state index is 0.197. The van der Waals surface area contributed by atoms with Crippen LogP contribution in [0.1, 0.15) is 13.3 Å². The van der Waals surface area contributed by atoms with Crippen LogP contribution >= 0.6 is 0 Å². The minimum atomic E-state index is -3.20. The van der Waals surface area contributed by atoms with Crippen molar-refractivity contribution < 1.29 is 8.42 Å². The largest absolute Gasteiger partial charge is 0.298 e. The highest BCUT2D eigenvalue weighted by Crippen LogP contribution is 2.32. The summed E-state index contributed by atoms with van der Waals surface area (Å²) in [4.78, 5) is 2.37. The standard InChI is InChI=1S/C9H19N3O2S/c1-4-11-6-9-5-8(11)7-12(9)15(13,14)10(2)3/h8-9H,4-7H2,1-3H3. The molecule has 0 aromatic heterocycles. The average Bonchev–Trinajstić information content (AvgIpc) is 2.75. The van der Waals surface area contributed by atoms with Crippen molar-refractivity contribution >= 4 is 10.2 Å². The van der Waals surface area contributed by atoms with Crippen LogP contribution in [0.15, 0.2) is 0 Å². The molecule has 2 bridgehead atoms. The van der Waals surface area contributed by atoms with Crippen LogP contribution in [-0.4, -0.2) is 67.7 Å². The van der Waals surface area contributed by atoms with E-state index >= 15 is 0 Å². The van der Waals surface area contributed by atoms with Crippen LogP contribution in [0.5, 0.6) is 0 Å². The Bertz CT molecular complexity index is 341. The zero-order valence-corrected chi connectivity index (χ0v) is 10.4. The van der Waals surface area contributed by atoms with E-state index < -0.39 is 10.2 Å². The zero-order chi connectivity index (χ0) is 11.2. The highest BCUT2D eigenvalue weighted by Gasteiger charge is 2.47. The molecule has 2 rings (SSSR count).